The average Bonchev–Trinajstić information content (AvgIpc) is 2.96. The molecule has 0 bridgehead atoms. The first kappa shape index (κ1) is 30.1. The highest BCUT2D eigenvalue weighted by Gasteiger charge is 2.34. The number of benzene rings is 2. The van der Waals surface area contributed by atoms with Crippen molar-refractivity contribution in [2.24, 2.45) is 11.8 Å². The summed E-state index contributed by atoms with van der Waals surface area (Å²) in [5.41, 5.74) is 3.50. The van der Waals surface area contributed by atoms with Crippen molar-refractivity contribution in [3.63, 3.8) is 0 Å². The molecule has 0 radical (unpaired) electrons. The van der Waals surface area contributed by atoms with Crippen LogP contribution in [0.4, 0.5) is 4.39 Å². The smallest absolute Gasteiger partial charge is 0.165 e. The van der Waals surface area contributed by atoms with E-state index in [1.165, 1.54) is 11.1 Å². The van der Waals surface area contributed by atoms with Gasteiger partial charge in [0.15, 0.2) is 11.6 Å². The largest absolute Gasteiger partial charge is 0.508 e. The maximum absolute atomic E-state index is 15.0. The van der Waals surface area contributed by atoms with Gasteiger partial charge in [-0.2, -0.15) is 0 Å². The molecule has 40 heavy (non-hydrogen) atoms. The fourth-order valence-corrected chi connectivity index (χ4v) is 6.00. The Hall–Kier alpha value is -2.87. The number of ether oxygens (including phenoxy) is 3. The van der Waals surface area contributed by atoms with Crippen molar-refractivity contribution in [3.8, 4) is 11.5 Å². The number of nitrogens with zero attached hydrogens (tertiary/aromatic N) is 2. The molecule has 2 aromatic carbocycles. The van der Waals surface area contributed by atoms with E-state index in [0.29, 0.717) is 36.5 Å². The van der Waals surface area contributed by atoms with Crippen molar-refractivity contribution in [2.45, 2.75) is 45.2 Å². The lowest BCUT2D eigenvalue weighted by atomic mass is 9.72. The topological polar surface area (TPSA) is 54.4 Å². The SMILES string of the molecule is CCN(Cc1ccc(OCCN(C)CCCOC)c(F)c1)C1C=C(OC)C=CC1[C@@H]1CCc2cc(O)ccc2C1. The Morgan fingerprint density at radius 3 is 2.65 bits per heavy atom. The van der Waals surface area contributed by atoms with Crippen LogP contribution in [-0.4, -0.2) is 75.1 Å². The van der Waals surface area contributed by atoms with Crippen LogP contribution in [0.5, 0.6) is 11.5 Å². The lowest BCUT2D eigenvalue weighted by Crippen LogP contribution is -2.43. The van der Waals surface area contributed by atoms with Crippen molar-refractivity contribution in [1.29, 1.82) is 0 Å². The Morgan fingerprint density at radius 1 is 1.05 bits per heavy atom. The summed E-state index contributed by atoms with van der Waals surface area (Å²) < 4.78 is 31.5. The lowest BCUT2D eigenvalue weighted by molar-refractivity contribution is 0.147. The van der Waals surface area contributed by atoms with E-state index in [-0.39, 0.29) is 11.9 Å². The summed E-state index contributed by atoms with van der Waals surface area (Å²) in [7, 11) is 5.45. The molecule has 2 aliphatic carbocycles. The number of halogens is 1. The molecular formula is C33H45FN2O4. The highest BCUT2D eigenvalue weighted by molar-refractivity contribution is 5.37. The van der Waals surface area contributed by atoms with Gasteiger partial charge in [-0.15, -0.1) is 0 Å². The van der Waals surface area contributed by atoms with Crippen molar-refractivity contribution in [1.82, 2.24) is 9.80 Å². The molecule has 0 spiro atoms. The number of allylic oxidation sites excluding steroid dienone is 1. The van der Waals surface area contributed by atoms with Gasteiger partial charge in [0.05, 0.1) is 7.11 Å². The number of aryl methyl sites for hydroxylation is 1. The van der Waals surface area contributed by atoms with E-state index in [4.69, 9.17) is 14.2 Å². The Labute approximate surface area is 239 Å². The molecule has 0 fully saturated rings. The van der Waals surface area contributed by atoms with E-state index >= 15 is 4.39 Å². The molecule has 1 N–H and O–H groups in total. The van der Waals surface area contributed by atoms with Gasteiger partial charge in [-0.3, -0.25) is 4.90 Å². The van der Waals surface area contributed by atoms with E-state index < -0.39 is 0 Å². The van der Waals surface area contributed by atoms with Gasteiger partial charge >= 0.3 is 0 Å². The number of rotatable bonds is 14. The Balaban J connectivity index is 1.41. The second-order valence-electron chi connectivity index (χ2n) is 11.0. The Bertz CT molecular complexity index is 1170. The van der Waals surface area contributed by atoms with Gasteiger partial charge in [0.2, 0.25) is 0 Å². The molecule has 2 aliphatic rings. The van der Waals surface area contributed by atoms with Gasteiger partial charge in [0, 0.05) is 39.4 Å². The summed E-state index contributed by atoms with van der Waals surface area (Å²) >= 11 is 0. The van der Waals surface area contributed by atoms with Crippen LogP contribution in [0.25, 0.3) is 0 Å². The summed E-state index contributed by atoms with van der Waals surface area (Å²) in [5, 5.41) is 9.90. The minimum absolute atomic E-state index is 0.140. The molecule has 2 unspecified atom stereocenters. The Morgan fingerprint density at radius 2 is 1.90 bits per heavy atom. The van der Waals surface area contributed by atoms with E-state index in [1.54, 1.807) is 32.4 Å². The van der Waals surface area contributed by atoms with Crippen LogP contribution in [0, 0.1) is 17.7 Å². The van der Waals surface area contributed by atoms with E-state index in [2.05, 4.69) is 41.0 Å². The number of hydrogen-bond acceptors (Lipinski definition) is 6. The molecule has 4 rings (SSSR count). The third kappa shape index (κ3) is 7.87. The second kappa shape index (κ2) is 14.7. The van der Waals surface area contributed by atoms with Crippen molar-refractivity contribution < 1.29 is 23.7 Å². The van der Waals surface area contributed by atoms with Crippen LogP contribution in [0.15, 0.2) is 60.4 Å². The minimum Gasteiger partial charge on any atom is -0.508 e. The first-order valence-corrected chi connectivity index (χ1v) is 14.5. The monoisotopic (exact) mass is 552 g/mol. The van der Waals surface area contributed by atoms with Crippen LogP contribution in [0.3, 0.4) is 0 Å². The summed E-state index contributed by atoms with van der Waals surface area (Å²) in [6, 6.07) is 11.2. The first-order chi connectivity index (χ1) is 19.4. The predicted octanol–water partition coefficient (Wildman–Crippen LogP) is 5.59. The molecule has 0 aromatic heterocycles. The zero-order valence-corrected chi connectivity index (χ0v) is 24.4. The predicted molar refractivity (Wildman–Crippen MR) is 157 cm³/mol. The van der Waals surface area contributed by atoms with Gasteiger partial charge in [-0.25, -0.2) is 4.39 Å². The molecule has 0 aliphatic heterocycles. The summed E-state index contributed by atoms with van der Waals surface area (Å²) in [5.74, 6) is 1.96. The van der Waals surface area contributed by atoms with Gasteiger partial charge in [-0.1, -0.05) is 25.1 Å². The average molecular weight is 553 g/mol. The van der Waals surface area contributed by atoms with Gasteiger partial charge in [0.25, 0.3) is 0 Å². The number of phenolic OH excluding ortho intramolecular Hbond substituents is 1. The van der Waals surface area contributed by atoms with Crippen LogP contribution in [0.1, 0.15) is 36.5 Å². The third-order valence-corrected chi connectivity index (χ3v) is 8.28. The van der Waals surface area contributed by atoms with Crippen molar-refractivity contribution in [2.75, 3.05) is 54.1 Å². The molecule has 0 amide bonds. The number of phenols is 1. The normalized spacial score (nSPS) is 20.5. The molecule has 2 aromatic rings. The first-order valence-electron chi connectivity index (χ1n) is 14.5. The van der Waals surface area contributed by atoms with Gasteiger partial charge in [-0.05, 0) is 104 Å². The fourth-order valence-electron chi connectivity index (χ4n) is 6.00. The number of fused-ring (bicyclic) bond motifs is 1. The second-order valence-corrected chi connectivity index (χ2v) is 11.0. The number of aromatic hydroxyl groups is 1. The summed E-state index contributed by atoms with van der Waals surface area (Å²) in [6.07, 6.45) is 10.6. The highest BCUT2D eigenvalue weighted by atomic mass is 19.1. The molecule has 0 saturated heterocycles. The van der Waals surface area contributed by atoms with E-state index in [1.807, 2.05) is 19.2 Å². The maximum Gasteiger partial charge on any atom is 0.165 e. The standard InChI is InChI=1S/C33H45FN2O4/c1-5-36(23-24-7-14-33(31(34)19-24)40-18-16-35(2)15-6-17-38-3)32-22-29(39-4)12-13-30(32)27-9-8-26-21-28(37)11-10-25(26)20-27/h7,10-14,19,21-22,27,30,32,37H,5-6,8-9,15-18,20,23H2,1-4H3/t27-,30?,32?/m1/s1. The molecule has 0 heterocycles. The molecule has 218 valence electrons. The van der Waals surface area contributed by atoms with Gasteiger partial charge < -0.3 is 24.2 Å². The zero-order valence-electron chi connectivity index (χ0n) is 24.4. The number of hydrogen-bond donors (Lipinski definition) is 1. The Kier molecular flexibility index (Phi) is 11.0. The van der Waals surface area contributed by atoms with Gasteiger partial charge in [0.1, 0.15) is 18.1 Å². The molecular weight excluding hydrogens is 507 g/mol. The van der Waals surface area contributed by atoms with Crippen LogP contribution >= 0.6 is 0 Å². The van der Waals surface area contributed by atoms with Crippen LogP contribution in [-0.2, 0) is 28.9 Å². The van der Waals surface area contributed by atoms with Crippen LogP contribution in [0.2, 0.25) is 0 Å². The third-order valence-electron chi connectivity index (χ3n) is 8.28. The van der Waals surface area contributed by atoms with E-state index in [9.17, 15) is 5.11 Å². The summed E-state index contributed by atoms with van der Waals surface area (Å²) in [6.45, 7) is 6.43. The zero-order chi connectivity index (χ0) is 28.5. The van der Waals surface area contributed by atoms with Crippen LogP contribution < -0.4 is 4.74 Å². The summed E-state index contributed by atoms with van der Waals surface area (Å²) in [4.78, 5) is 4.57. The van der Waals surface area contributed by atoms with E-state index in [0.717, 1.165) is 63.2 Å². The van der Waals surface area contributed by atoms with Crippen molar-refractivity contribution in [3.05, 3.63) is 82.9 Å². The molecule has 0 saturated carbocycles. The minimum atomic E-state index is -0.323. The molecule has 6 nitrogen and oxygen atoms in total. The molecule has 7 heteroatoms. The van der Waals surface area contributed by atoms with Crippen molar-refractivity contribution >= 4 is 0 Å². The lowest BCUT2D eigenvalue weighted by Gasteiger charge is -2.41. The quantitative estimate of drug-likeness (QED) is 0.309. The number of methoxy groups -OCH3 is 2. The molecule has 3 atom stereocenters. The highest BCUT2D eigenvalue weighted by Crippen LogP contribution is 2.38. The fraction of sp³-hybridized carbons (Fsp3) is 0.515. The number of likely N-dealkylation sites (N-methyl/N-ethyl adjacent to an activating group) is 2. The maximum atomic E-state index is 15.0.